The zero-order valence-corrected chi connectivity index (χ0v) is 19.0. The third-order valence-electron chi connectivity index (χ3n) is 5.69. The normalized spacial score (nSPS) is 17.0. The highest BCUT2D eigenvalue weighted by atomic mass is 35.5. The predicted molar refractivity (Wildman–Crippen MR) is 125 cm³/mol. The second-order valence-electron chi connectivity index (χ2n) is 7.65. The molecule has 1 N–H and O–H groups in total. The van der Waals surface area contributed by atoms with Crippen LogP contribution >= 0.6 is 23.4 Å². The molecule has 0 saturated carbocycles. The van der Waals surface area contributed by atoms with E-state index in [4.69, 9.17) is 16.6 Å². The number of benzene rings is 2. The lowest BCUT2D eigenvalue weighted by atomic mass is 10.1. The number of hydrogen-bond donors (Lipinski definition) is 1. The summed E-state index contributed by atoms with van der Waals surface area (Å²) < 4.78 is 0. The number of piperazine rings is 1. The van der Waals surface area contributed by atoms with E-state index in [9.17, 15) is 4.79 Å². The molecule has 2 aromatic carbocycles. The molecular formula is C23H27ClN4OS. The van der Waals surface area contributed by atoms with Crippen molar-refractivity contribution < 1.29 is 4.79 Å². The van der Waals surface area contributed by atoms with Gasteiger partial charge in [-0.1, -0.05) is 30.3 Å². The summed E-state index contributed by atoms with van der Waals surface area (Å²) in [7, 11) is 0. The largest absolute Gasteiger partial charge is 0.351 e. The van der Waals surface area contributed by atoms with Crippen molar-refractivity contribution in [1.29, 1.82) is 0 Å². The van der Waals surface area contributed by atoms with Crippen LogP contribution in [0.25, 0.3) is 0 Å². The molecule has 2 heterocycles. The number of hydrogen-bond acceptors (Lipinski definition) is 5. The van der Waals surface area contributed by atoms with Crippen molar-refractivity contribution in [3.05, 3.63) is 52.5 Å². The Morgan fingerprint density at radius 1 is 1.10 bits per heavy atom. The molecule has 2 aliphatic heterocycles. The average Bonchev–Trinajstić information content (AvgIpc) is 2.89. The number of carbonyl (C=O) groups excluding carboxylic acids is 1. The Kier molecular flexibility index (Phi) is 6.78. The number of fused-ring (bicyclic) bond motifs is 2. The van der Waals surface area contributed by atoms with Crippen LogP contribution in [0.5, 0.6) is 0 Å². The Balaban J connectivity index is 1.40. The molecule has 0 aliphatic carbocycles. The second kappa shape index (κ2) is 9.52. The van der Waals surface area contributed by atoms with Crippen molar-refractivity contribution in [3.63, 3.8) is 0 Å². The molecule has 0 unspecified atom stereocenters. The lowest BCUT2D eigenvalue weighted by Gasteiger charge is -2.33. The van der Waals surface area contributed by atoms with Crippen LogP contribution in [0.4, 0.5) is 5.69 Å². The molecule has 7 heteroatoms. The number of likely N-dealkylation sites (N-methyl/N-ethyl adjacent to an activating group) is 1. The quantitative estimate of drug-likeness (QED) is 0.749. The summed E-state index contributed by atoms with van der Waals surface area (Å²) in [5, 5.41) is 3.76. The fourth-order valence-electron chi connectivity index (χ4n) is 3.82. The monoisotopic (exact) mass is 442 g/mol. The minimum absolute atomic E-state index is 0.0485. The molecule has 1 saturated heterocycles. The highest BCUT2D eigenvalue weighted by Crippen LogP contribution is 2.41. The van der Waals surface area contributed by atoms with Gasteiger partial charge in [0.15, 0.2) is 0 Å². The van der Waals surface area contributed by atoms with Crippen LogP contribution in [0.1, 0.15) is 29.8 Å². The zero-order valence-electron chi connectivity index (χ0n) is 17.4. The van der Waals surface area contributed by atoms with Gasteiger partial charge in [-0.25, -0.2) is 0 Å². The maximum atomic E-state index is 12.7. The number of nitrogens with one attached hydrogen (secondary N) is 1. The molecule has 2 aromatic rings. The molecule has 0 aromatic heterocycles. The Hall–Kier alpha value is -1.86. The summed E-state index contributed by atoms with van der Waals surface area (Å²) in [5.41, 5.74) is 3.42. The maximum Gasteiger partial charge on any atom is 0.251 e. The van der Waals surface area contributed by atoms with Crippen LogP contribution in [0.15, 0.2) is 51.2 Å². The van der Waals surface area contributed by atoms with E-state index in [2.05, 4.69) is 22.0 Å². The first-order valence-corrected chi connectivity index (χ1v) is 11.6. The number of rotatable bonds is 5. The van der Waals surface area contributed by atoms with Gasteiger partial charge in [0.25, 0.3) is 5.91 Å². The van der Waals surface area contributed by atoms with E-state index < -0.39 is 0 Å². The van der Waals surface area contributed by atoms with E-state index in [-0.39, 0.29) is 5.91 Å². The average molecular weight is 443 g/mol. The number of halogens is 1. The smallest absolute Gasteiger partial charge is 0.251 e. The Morgan fingerprint density at radius 2 is 1.83 bits per heavy atom. The van der Waals surface area contributed by atoms with E-state index in [0.717, 1.165) is 66.0 Å². The van der Waals surface area contributed by atoms with Gasteiger partial charge in [0.05, 0.1) is 5.69 Å². The van der Waals surface area contributed by atoms with Crippen LogP contribution in [0.3, 0.4) is 0 Å². The van der Waals surface area contributed by atoms with Gasteiger partial charge < -0.3 is 10.2 Å². The molecule has 0 radical (unpaired) electrons. The second-order valence-corrected chi connectivity index (χ2v) is 9.17. The molecule has 0 spiro atoms. The summed E-state index contributed by atoms with van der Waals surface area (Å²) in [6.45, 7) is 11.2. The maximum absolute atomic E-state index is 12.7. The van der Waals surface area contributed by atoms with Gasteiger partial charge in [0, 0.05) is 70.9 Å². The lowest BCUT2D eigenvalue weighted by molar-refractivity contribution is 0.0938. The van der Waals surface area contributed by atoms with Crippen molar-refractivity contribution in [3.8, 4) is 0 Å². The summed E-state index contributed by atoms with van der Waals surface area (Å²) in [5.74, 6) is -0.0485. The van der Waals surface area contributed by atoms with Crippen molar-refractivity contribution in [2.24, 2.45) is 4.99 Å². The molecule has 4 rings (SSSR count). The molecular weight excluding hydrogens is 416 g/mol. The summed E-state index contributed by atoms with van der Waals surface area (Å²) in [4.78, 5) is 24.5. The molecule has 5 nitrogen and oxygen atoms in total. The van der Waals surface area contributed by atoms with Crippen LogP contribution in [-0.4, -0.2) is 67.2 Å². The fraction of sp³-hybridized carbons (Fsp3) is 0.391. The van der Waals surface area contributed by atoms with E-state index in [1.807, 2.05) is 43.3 Å². The minimum Gasteiger partial charge on any atom is -0.351 e. The fourth-order valence-corrected chi connectivity index (χ4v) is 5.03. The molecule has 30 heavy (non-hydrogen) atoms. The molecule has 1 fully saturated rings. The van der Waals surface area contributed by atoms with Gasteiger partial charge in [-0.2, -0.15) is 0 Å². The minimum atomic E-state index is -0.0485. The first-order chi connectivity index (χ1) is 14.5. The van der Waals surface area contributed by atoms with Crippen molar-refractivity contribution in [2.45, 2.75) is 23.6 Å². The first-order valence-electron chi connectivity index (χ1n) is 10.4. The molecule has 158 valence electrons. The molecule has 1 amide bonds. The van der Waals surface area contributed by atoms with Gasteiger partial charge >= 0.3 is 0 Å². The Bertz CT molecular complexity index is 970. The van der Waals surface area contributed by atoms with Gasteiger partial charge in [-0.15, -0.1) is 0 Å². The Morgan fingerprint density at radius 3 is 2.60 bits per heavy atom. The molecule has 0 atom stereocenters. The number of amides is 1. The SMILES string of the molecule is CCN1CCN(CCNC(=O)c2ccc3c(c2)N=C(C)c2cc(Cl)ccc2S3)CC1. The van der Waals surface area contributed by atoms with Gasteiger partial charge in [-0.05, 0) is 49.9 Å². The van der Waals surface area contributed by atoms with Gasteiger partial charge in [0.1, 0.15) is 0 Å². The Labute approximate surface area is 187 Å². The number of carbonyl (C=O) groups is 1. The predicted octanol–water partition coefficient (Wildman–Crippen LogP) is 4.31. The van der Waals surface area contributed by atoms with Crippen molar-refractivity contribution >= 4 is 40.7 Å². The number of nitrogens with zero attached hydrogens (tertiary/aromatic N) is 3. The van der Waals surface area contributed by atoms with Crippen LogP contribution in [-0.2, 0) is 0 Å². The van der Waals surface area contributed by atoms with E-state index in [1.165, 1.54) is 0 Å². The lowest BCUT2D eigenvalue weighted by Crippen LogP contribution is -2.48. The topological polar surface area (TPSA) is 47.9 Å². The van der Waals surface area contributed by atoms with Crippen molar-refractivity contribution in [2.75, 3.05) is 45.8 Å². The van der Waals surface area contributed by atoms with E-state index >= 15 is 0 Å². The third-order valence-corrected chi connectivity index (χ3v) is 7.06. The molecule has 2 aliphatic rings. The third kappa shape index (κ3) is 4.89. The summed E-state index contributed by atoms with van der Waals surface area (Å²) in [6, 6.07) is 11.6. The van der Waals surface area contributed by atoms with Crippen LogP contribution in [0.2, 0.25) is 5.02 Å². The van der Waals surface area contributed by atoms with E-state index in [0.29, 0.717) is 17.1 Å². The van der Waals surface area contributed by atoms with Crippen LogP contribution < -0.4 is 5.32 Å². The molecule has 0 bridgehead atoms. The van der Waals surface area contributed by atoms with Crippen molar-refractivity contribution in [1.82, 2.24) is 15.1 Å². The zero-order chi connectivity index (χ0) is 21.1. The highest BCUT2D eigenvalue weighted by Gasteiger charge is 2.18. The van der Waals surface area contributed by atoms with Gasteiger partial charge in [-0.3, -0.25) is 14.7 Å². The van der Waals surface area contributed by atoms with Gasteiger partial charge in [0.2, 0.25) is 0 Å². The summed E-state index contributed by atoms with van der Waals surface area (Å²) >= 11 is 7.83. The first kappa shape index (κ1) is 21.4. The summed E-state index contributed by atoms with van der Waals surface area (Å²) in [6.07, 6.45) is 0. The highest BCUT2D eigenvalue weighted by molar-refractivity contribution is 7.99. The standard InChI is InChI=1S/C23H27ClN4OS/c1-3-27-10-12-28(13-11-27)9-8-25-23(29)17-4-6-22-20(14-17)26-16(2)19-15-18(24)5-7-21(19)30-22/h4-7,14-15H,3,8-13H2,1-2H3,(H,25,29). The van der Waals surface area contributed by atoms with E-state index in [1.54, 1.807) is 11.8 Å². The number of aliphatic imine (C=N–C) groups is 1. The van der Waals surface area contributed by atoms with Crippen LogP contribution in [0, 0.1) is 0 Å².